The largest absolute Gasteiger partial charge is 0.497 e. The van der Waals surface area contributed by atoms with Crippen LogP contribution in [0, 0.1) is 0 Å². The summed E-state index contributed by atoms with van der Waals surface area (Å²) in [4.78, 5) is 2.37. The van der Waals surface area contributed by atoms with Crippen molar-refractivity contribution in [2.75, 3.05) is 26.7 Å². The molecule has 0 aromatic heterocycles. The Morgan fingerprint density at radius 1 is 0.969 bits per heavy atom. The maximum absolute atomic E-state index is 12.9. The molecule has 1 aliphatic heterocycles. The van der Waals surface area contributed by atoms with Gasteiger partial charge in [0.25, 0.3) is 0 Å². The van der Waals surface area contributed by atoms with Crippen LogP contribution in [0.1, 0.15) is 37.3 Å². The lowest BCUT2D eigenvalue weighted by atomic mass is 10.1. The van der Waals surface area contributed by atoms with Crippen LogP contribution < -0.4 is 14.2 Å². The molecule has 2 N–H and O–H groups in total. The van der Waals surface area contributed by atoms with Gasteiger partial charge in [-0.1, -0.05) is 12.1 Å². The highest BCUT2D eigenvalue weighted by Crippen LogP contribution is 2.28. The van der Waals surface area contributed by atoms with Gasteiger partial charge in [-0.3, -0.25) is 4.90 Å². The normalized spacial score (nSPS) is 18.5. The molecule has 2 aromatic rings. The highest BCUT2D eigenvalue weighted by molar-refractivity contribution is 7.90. The van der Waals surface area contributed by atoms with E-state index in [1.54, 1.807) is 7.11 Å². The number of benzene rings is 2. The molecule has 0 spiro atoms. The highest BCUT2D eigenvalue weighted by atomic mass is 32.2. The van der Waals surface area contributed by atoms with Crippen LogP contribution in [0.2, 0.25) is 0 Å². The highest BCUT2D eigenvalue weighted by Gasteiger charge is 2.29. The van der Waals surface area contributed by atoms with Gasteiger partial charge in [0, 0.05) is 18.6 Å². The van der Waals surface area contributed by atoms with E-state index in [2.05, 4.69) is 14.3 Å². The second-order valence-corrected chi connectivity index (χ2v) is 11.7. The second-order valence-electron chi connectivity index (χ2n) is 8.25. The summed E-state index contributed by atoms with van der Waals surface area (Å²) in [6.45, 7) is 2.02. The van der Waals surface area contributed by atoms with Gasteiger partial charge in [0.05, 0.1) is 16.9 Å². The zero-order chi connectivity index (χ0) is 22.8. The van der Waals surface area contributed by atoms with Crippen molar-refractivity contribution in [2.45, 2.75) is 47.6 Å². The first-order valence-electron chi connectivity index (χ1n) is 10.8. The van der Waals surface area contributed by atoms with Gasteiger partial charge >= 0.3 is 0 Å². The fourth-order valence-corrected chi connectivity index (χ4v) is 6.26. The van der Waals surface area contributed by atoms with Gasteiger partial charge in [-0.05, 0) is 80.7 Å². The minimum Gasteiger partial charge on any atom is -0.497 e. The third-order valence-corrected chi connectivity index (χ3v) is 8.85. The van der Waals surface area contributed by atoms with E-state index in [4.69, 9.17) is 4.74 Å². The first-order valence-corrected chi connectivity index (χ1v) is 13.8. The molecular weight excluding hydrogens is 450 g/mol. The molecule has 4 rings (SSSR count). The summed E-state index contributed by atoms with van der Waals surface area (Å²) < 4.78 is 61.2. The van der Waals surface area contributed by atoms with E-state index in [0.29, 0.717) is 0 Å². The van der Waals surface area contributed by atoms with Gasteiger partial charge in [0.1, 0.15) is 5.75 Å². The summed E-state index contributed by atoms with van der Waals surface area (Å²) in [6, 6.07) is 12.9. The summed E-state index contributed by atoms with van der Waals surface area (Å²) >= 11 is 0. The van der Waals surface area contributed by atoms with Crippen LogP contribution in [0.4, 0.5) is 0 Å². The van der Waals surface area contributed by atoms with Crippen molar-refractivity contribution in [3.8, 4) is 5.75 Å². The minimum atomic E-state index is -3.80. The number of nitrogens with one attached hydrogen (secondary N) is 2. The fourth-order valence-electron chi connectivity index (χ4n) is 3.92. The predicted molar refractivity (Wildman–Crippen MR) is 122 cm³/mol. The predicted octanol–water partition coefficient (Wildman–Crippen LogP) is 2.25. The van der Waals surface area contributed by atoms with Gasteiger partial charge in [-0.2, -0.15) is 0 Å². The quantitative estimate of drug-likeness (QED) is 0.542. The molecule has 0 amide bonds. The molecule has 2 aliphatic rings. The van der Waals surface area contributed by atoms with E-state index in [0.717, 1.165) is 50.1 Å². The zero-order valence-electron chi connectivity index (χ0n) is 18.0. The van der Waals surface area contributed by atoms with Gasteiger partial charge in [-0.15, -0.1) is 0 Å². The van der Waals surface area contributed by atoms with Crippen LogP contribution in [0.3, 0.4) is 0 Å². The Morgan fingerprint density at radius 3 is 2.19 bits per heavy atom. The monoisotopic (exact) mass is 479 g/mol. The number of methoxy groups -OCH3 is 1. The van der Waals surface area contributed by atoms with Crippen molar-refractivity contribution in [3.05, 3.63) is 54.1 Å². The Balaban J connectivity index is 1.49. The molecule has 32 heavy (non-hydrogen) atoms. The molecular formula is C22H29N3O5S2. The van der Waals surface area contributed by atoms with Crippen molar-refractivity contribution in [1.29, 1.82) is 0 Å². The van der Waals surface area contributed by atoms with Crippen LogP contribution >= 0.6 is 0 Å². The molecule has 1 saturated carbocycles. The number of hydrogen-bond acceptors (Lipinski definition) is 6. The maximum atomic E-state index is 12.9. The van der Waals surface area contributed by atoms with Crippen LogP contribution in [0.5, 0.6) is 5.75 Å². The Labute approximate surface area is 190 Å². The fraction of sp³-hybridized carbons (Fsp3) is 0.455. The molecule has 0 radical (unpaired) electrons. The molecule has 1 atom stereocenters. The Bertz CT molecular complexity index is 1140. The lowest BCUT2D eigenvalue weighted by molar-refractivity contribution is 0.246. The number of hydrogen-bond donors (Lipinski definition) is 2. The Kier molecular flexibility index (Phi) is 6.87. The van der Waals surface area contributed by atoms with Crippen LogP contribution in [0.25, 0.3) is 0 Å². The van der Waals surface area contributed by atoms with E-state index in [-0.39, 0.29) is 28.4 Å². The van der Waals surface area contributed by atoms with Crippen molar-refractivity contribution < 1.29 is 21.6 Å². The van der Waals surface area contributed by atoms with E-state index >= 15 is 0 Å². The molecule has 1 unspecified atom stereocenters. The molecule has 1 saturated heterocycles. The standard InChI is InChI=1S/C22H29N3O5S2/c1-30-19-6-4-5-17(15-19)22(25-13-2-3-14-25)16-23-31(26,27)20-9-11-21(12-10-20)32(28,29)24-18-7-8-18/h4-6,9-12,15,18,22-24H,2-3,7-8,13-14,16H2,1H3. The molecule has 1 heterocycles. The Hall–Kier alpha value is -1.98. The molecule has 2 fully saturated rings. The van der Waals surface area contributed by atoms with Crippen molar-refractivity contribution >= 4 is 20.0 Å². The van der Waals surface area contributed by atoms with E-state index in [1.807, 2.05) is 24.3 Å². The third kappa shape index (κ3) is 5.49. The van der Waals surface area contributed by atoms with E-state index in [9.17, 15) is 16.8 Å². The summed E-state index contributed by atoms with van der Waals surface area (Å²) in [5.41, 5.74) is 0.988. The lowest BCUT2D eigenvalue weighted by Gasteiger charge is -2.28. The van der Waals surface area contributed by atoms with Crippen LogP contribution in [-0.2, 0) is 20.0 Å². The first-order chi connectivity index (χ1) is 15.3. The smallest absolute Gasteiger partial charge is 0.240 e. The first kappa shape index (κ1) is 23.2. The van der Waals surface area contributed by atoms with Gasteiger partial charge in [0.2, 0.25) is 20.0 Å². The third-order valence-electron chi connectivity index (χ3n) is 5.87. The summed E-state index contributed by atoms with van der Waals surface area (Å²) in [5.74, 6) is 0.728. The lowest BCUT2D eigenvalue weighted by Crippen LogP contribution is -2.36. The molecule has 0 bridgehead atoms. The van der Waals surface area contributed by atoms with Crippen molar-refractivity contribution in [3.63, 3.8) is 0 Å². The van der Waals surface area contributed by atoms with Gasteiger partial charge < -0.3 is 4.74 Å². The minimum absolute atomic E-state index is 0.00999. The van der Waals surface area contributed by atoms with Crippen LogP contribution in [0.15, 0.2) is 58.3 Å². The van der Waals surface area contributed by atoms with Crippen LogP contribution in [-0.4, -0.2) is 54.5 Å². The van der Waals surface area contributed by atoms with E-state index < -0.39 is 20.0 Å². The maximum Gasteiger partial charge on any atom is 0.240 e. The number of likely N-dealkylation sites (tertiary alicyclic amines) is 1. The average Bonchev–Trinajstić information content (AvgIpc) is 3.42. The van der Waals surface area contributed by atoms with E-state index in [1.165, 1.54) is 24.3 Å². The molecule has 174 valence electrons. The molecule has 2 aromatic carbocycles. The van der Waals surface area contributed by atoms with Crippen molar-refractivity contribution in [1.82, 2.24) is 14.3 Å². The average molecular weight is 480 g/mol. The summed E-state index contributed by atoms with van der Waals surface area (Å²) in [5, 5.41) is 0. The van der Waals surface area contributed by atoms with Gasteiger partial charge in [0.15, 0.2) is 0 Å². The zero-order valence-corrected chi connectivity index (χ0v) is 19.7. The molecule has 1 aliphatic carbocycles. The summed E-state index contributed by atoms with van der Waals surface area (Å²) in [6.07, 6.45) is 3.83. The number of ether oxygens (including phenoxy) is 1. The van der Waals surface area contributed by atoms with Crippen molar-refractivity contribution in [2.24, 2.45) is 0 Å². The number of rotatable bonds is 10. The topological polar surface area (TPSA) is 105 Å². The Morgan fingerprint density at radius 2 is 1.59 bits per heavy atom. The summed E-state index contributed by atoms with van der Waals surface area (Å²) in [7, 11) is -5.82. The van der Waals surface area contributed by atoms with Gasteiger partial charge in [-0.25, -0.2) is 26.3 Å². The number of sulfonamides is 2. The molecule has 8 nitrogen and oxygen atoms in total. The number of nitrogens with zero attached hydrogens (tertiary/aromatic N) is 1. The second kappa shape index (κ2) is 9.48. The SMILES string of the molecule is COc1cccc(C(CNS(=O)(=O)c2ccc(S(=O)(=O)NC3CC3)cc2)N2CCCC2)c1. The molecule has 10 heteroatoms.